The average Bonchev–Trinajstić information content (AvgIpc) is 1.98. The highest BCUT2D eigenvalue weighted by Crippen LogP contribution is 1.92. The molecule has 0 heterocycles. The zero-order valence-electron chi connectivity index (χ0n) is 6.66. The van der Waals surface area contributed by atoms with E-state index in [0.29, 0.717) is 6.54 Å². The third kappa shape index (κ3) is 3.40. The number of rotatable bonds is 2. The van der Waals surface area contributed by atoms with Gasteiger partial charge in [0.2, 0.25) is 0 Å². The van der Waals surface area contributed by atoms with Crippen LogP contribution in [0.1, 0.15) is 13.8 Å². The Hall–Kier alpha value is -1.32. The largest absolute Gasteiger partial charge is 0.338 e. The average molecular weight is 157 g/mol. The lowest BCUT2D eigenvalue weighted by atomic mass is 10.5. The number of amides is 1. The molecule has 0 atom stereocenters. The fourth-order valence-electron chi connectivity index (χ4n) is 0.522. The minimum atomic E-state index is -0.512. The van der Waals surface area contributed by atoms with Gasteiger partial charge in [-0.2, -0.15) is 5.06 Å². The summed E-state index contributed by atoms with van der Waals surface area (Å²) in [6.45, 7) is 6.51. The van der Waals surface area contributed by atoms with Crippen LogP contribution in [0.25, 0.3) is 0 Å². The number of carbonyl (C=O) groups is 2. The van der Waals surface area contributed by atoms with Crippen molar-refractivity contribution in [3.63, 3.8) is 0 Å². The van der Waals surface area contributed by atoms with E-state index in [-0.39, 0.29) is 0 Å². The third-order valence-corrected chi connectivity index (χ3v) is 0.946. The van der Waals surface area contributed by atoms with Crippen molar-refractivity contribution in [2.24, 2.45) is 0 Å². The van der Waals surface area contributed by atoms with E-state index in [1.165, 1.54) is 6.92 Å². The summed E-state index contributed by atoms with van der Waals surface area (Å²) in [5.74, 6) is -0.926. The smallest absolute Gasteiger partial charge is 0.329 e. The van der Waals surface area contributed by atoms with Gasteiger partial charge in [-0.3, -0.25) is 9.59 Å². The van der Waals surface area contributed by atoms with Crippen LogP contribution in [0.4, 0.5) is 0 Å². The molecule has 1 amide bonds. The molecule has 0 spiro atoms. The molecule has 0 aromatic rings. The molecular formula is C7H11NO3. The van der Waals surface area contributed by atoms with Gasteiger partial charge in [0.25, 0.3) is 5.91 Å². The van der Waals surface area contributed by atoms with Crippen molar-refractivity contribution in [1.29, 1.82) is 0 Å². The fraction of sp³-hybridized carbons (Fsp3) is 0.429. The minimum absolute atomic E-state index is 0.324. The van der Waals surface area contributed by atoms with Crippen LogP contribution in [0.3, 0.4) is 0 Å². The van der Waals surface area contributed by atoms with Gasteiger partial charge in [-0.15, -0.1) is 0 Å². The van der Waals surface area contributed by atoms with Crippen molar-refractivity contribution in [3.05, 3.63) is 12.7 Å². The summed E-state index contributed by atoms with van der Waals surface area (Å²) in [6.07, 6.45) is 1.09. The molecule has 0 bridgehead atoms. The quantitative estimate of drug-likeness (QED) is 0.433. The maximum atomic E-state index is 10.8. The van der Waals surface area contributed by atoms with Gasteiger partial charge in [-0.25, -0.2) is 0 Å². The Bertz CT molecular complexity index is 177. The summed E-state index contributed by atoms with van der Waals surface area (Å²) in [4.78, 5) is 25.7. The molecule has 11 heavy (non-hydrogen) atoms. The van der Waals surface area contributed by atoms with Crippen LogP contribution in [0.2, 0.25) is 0 Å². The number of hydroxylamine groups is 2. The van der Waals surface area contributed by atoms with Gasteiger partial charge >= 0.3 is 5.97 Å². The van der Waals surface area contributed by atoms with E-state index in [2.05, 4.69) is 11.4 Å². The van der Waals surface area contributed by atoms with E-state index in [1.54, 1.807) is 6.92 Å². The van der Waals surface area contributed by atoms with E-state index in [9.17, 15) is 9.59 Å². The maximum absolute atomic E-state index is 10.8. The Labute approximate surface area is 65.4 Å². The fourth-order valence-corrected chi connectivity index (χ4v) is 0.522. The maximum Gasteiger partial charge on any atom is 0.329 e. The predicted molar refractivity (Wildman–Crippen MR) is 39.4 cm³/mol. The lowest BCUT2D eigenvalue weighted by Gasteiger charge is -2.15. The molecule has 0 fully saturated rings. The number of hydrogen-bond donors (Lipinski definition) is 0. The molecule has 0 N–H and O–H groups in total. The molecule has 0 unspecified atom stereocenters. The molecule has 0 aromatic heterocycles. The Morgan fingerprint density at radius 3 is 2.45 bits per heavy atom. The predicted octanol–water partition coefficient (Wildman–Crippen LogP) is 0.499. The second-order valence-electron chi connectivity index (χ2n) is 1.82. The number of hydrogen-bond acceptors (Lipinski definition) is 3. The Morgan fingerprint density at radius 2 is 2.18 bits per heavy atom. The molecule has 4 nitrogen and oxygen atoms in total. The highest BCUT2D eigenvalue weighted by Gasteiger charge is 2.09. The molecule has 0 saturated carbocycles. The molecule has 0 rings (SSSR count). The summed E-state index contributed by atoms with van der Waals surface area (Å²) < 4.78 is 0. The third-order valence-electron chi connectivity index (χ3n) is 0.946. The van der Waals surface area contributed by atoms with Crippen molar-refractivity contribution in [2.45, 2.75) is 13.8 Å². The van der Waals surface area contributed by atoms with Gasteiger partial charge in [0, 0.05) is 6.92 Å². The molecule has 4 heteroatoms. The molecule has 0 aliphatic heterocycles. The normalized spacial score (nSPS) is 8.55. The van der Waals surface area contributed by atoms with Crippen molar-refractivity contribution in [2.75, 3.05) is 6.54 Å². The van der Waals surface area contributed by atoms with Crippen molar-refractivity contribution < 1.29 is 14.4 Å². The first kappa shape index (κ1) is 9.68. The number of likely N-dealkylation sites (N-methyl/N-ethyl adjacent to an activating group) is 1. The van der Waals surface area contributed by atoms with Crippen LogP contribution in [0.15, 0.2) is 12.7 Å². The molecule has 62 valence electrons. The van der Waals surface area contributed by atoms with Crippen molar-refractivity contribution in [1.82, 2.24) is 5.06 Å². The van der Waals surface area contributed by atoms with Crippen molar-refractivity contribution in [3.8, 4) is 0 Å². The van der Waals surface area contributed by atoms with Gasteiger partial charge in [-0.05, 0) is 13.0 Å². The second-order valence-corrected chi connectivity index (χ2v) is 1.82. The molecule has 0 radical (unpaired) electrons. The monoisotopic (exact) mass is 157 g/mol. The first-order chi connectivity index (χ1) is 5.11. The summed E-state index contributed by atoms with van der Waals surface area (Å²) in [7, 11) is 0. The number of nitrogens with zero attached hydrogens (tertiary/aromatic N) is 1. The van der Waals surface area contributed by atoms with Crippen LogP contribution < -0.4 is 0 Å². The molecule has 0 saturated heterocycles. The van der Waals surface area contributed by atoms with Gasteiger partial charge in [0.15, 0.2) is 0 Å². The van der Waals surface area contributed by atoms with E-state index < -0.39 is 11.9 Å². The molecular weight excluding hydrogens is 146 g/mol. The number of carbonyl (C=O) groups excluding carboxylic acids is 2. The van der Waals surface area contributed by atoms with E-state index >= 15 is 0 Å². The Kier molecular flexibility index (Phi) is 3.95. The van der Waals surface area contributed by atoms with Crippen LogP contribution >= 0.6 is 0 Å². The molecule has 0 aliphatic carbocycles. The van der Waals surface area contributed by atoms with E-state index in [1.807, 2.05) is 0 Å². The summed E-state index contributed by atoms with van der Waals surface area (Å²) in [5, 5.41) is 0.940. The van der Waals surface area contributed by atoms with Gasteiger partial charge in [-0.1, -0.05) is 6.58 Å². The highest BCUT2D eigenvalue weighted by molar-refractivity contribution is 5.87. The summed E-state index contributed by atoms with van der Waals surface area (Å²) >= 11 is 0. The molecule has 0 aliphatic rings. The minimum Gasteiger partial charge on any atom is -0.338 e. The zero-order chi connectivity index (χ0) is 8.85. The van der Waals surface area contributed by atoms with Gasteiger partial charge in [0.05, 0.1) is 6.54 Å². The first-order valence-corrected chi connectivity index (χ1v) is 3.24. The van der Waals surface area contributed by atoms with Gasteiger partial charge in [0.1, 0.15) is 0 Å². The van der Waals surface area contributed by atoms with E-state index in [0.717, 1.165) is 11.1 Å². The topological polar surface area (TPSA) is 46.6 Å². The zero-order valence-corrected chi connectivity index (χ0v) is 6.66. The Morgan fingerprint density at radius 1 is 1.64 bits per heavy atom. The summed E-state index contributed by atoms with van der Waals surface area (Å²) in [5.41, 5.74) is 0. The molecule has 0 aromatic carbocycles. The Balaban J connectivity index is 4.05. The van der Waals surface area contributed by atoms with Crippen molar-refractivity contribution >= 4 is 11.9 Å². The van der Waals surface area contributed by atoms with Crippen LogP contribution in [0, 0.1) is 0 Å². The standard InChI is InChI=1S/C7H11NO3/c1-4-7(10)8(5-2)11-6(3)9/h4H,1,5H2,2-3H3. The highest BCUT2D eigenvalue weighted by atomic mass is 16.7. The van der Waals surface area contributed by atoms with Crippen LogP contribution in [-0.4, -0.2) is 23.5 Å². The van der Waals surface area contributed by atoms with Crippen LogP contribution in [-0.2, 0) is 14.4 Å². The summed E-state index contributed by atoms with van der Waals surface area (Å²) in [6, 6.07) is 0. The SMILES string of the molecule is C=CC(=O)N(CC)OC(C)=O. The van der Waals surface area contributed by atoms with Crippen LogP contribution in [0.5, 0.6) is 0 Å². The van der Waals surface area contributed by atoms with Gasteiger partial charge < -0.3 is 4.84 Å². The lowest BCUT2D eigenvalue weighted by molar-refractivity contribution is -0.192. The first-order valence-electron chi connectivity index (χ1n) is 3.24. The lowest BCUT2D eigenvalue weighted by Crippen LogP contribution is -2.31. The second kappa shape index (κ2) is 4.49. The van der Waals surface area contributed by atoms with E-state index in [4.69, 9.17) is 0 Å².